The molecule has 0 aromatic carbocycles. The van der Waals surface area contributed by atoms with Gasteiger partial charge in [-0.1, -0.05) is 40.0 Å². The Bertz CT molecular complexity index is 642. The number of primary sulfonamides is 1. The summed E-state index contributed by atoms with van der Waals surface area (Å²) >= 11 is 1.17. The third-order valence-corrected chi connectivity index (χ3v) is 6.29. The summed E-state index contributed by atoms with van der Waals surface area (Å²) in [5.41, 5.74) is 0.205. The Morgan fingerprint density at radius 3 is 2.48 bits per heavy atom. The lowest BCUT2D eigenvalue weighted by Gasteiger charge is -2.26. The number of nitrogens with one attached hydrogen (secondary N) is 2. The summed E-state index contributed by atoms with van der Waals surface area (Å²) in [7, 11) is -1.90. The lowest BCUT2D eigenvalue weighted by atomic mass is 9.87. The standard InChI is InChI=1S/C16H30N4O2S2.HI/c1-5-6-7-10-16(2,3)12-20-15(18-4)19-11-13-8-9-14(23-13)24(17,21)22;/h8-9H,5-7,10-12H2,1-4H3,(H2,17,21,22)(H2,18,19,20);1H. The molecule has 6 nitrogen and oxygen atoms in total. The number of unbranched alkanes of at least 4 members (excludes halogenated alkanes) is 2. The van der Waals surface area contributed by atoms with Crippen LogP contribution in [0.1, 0.15) is 51.3 Å². The number of guanidine groups is 1. The maximum Gasteiger partial charge on any atom is 0.247 e. The molecule has 1 aromatic heterocycles. The molecular weight excluding hydrogens is 471 g/mol. The molecule has 0 aliphatic heterocycles. The second kappa shape index (κ2) is 11.3. The van der Waals surface area contributed by atoms with Crippen LogP contribution < -0.4 is 15.8 Å². The number of hydrogen-bond donors (Lipinski definition) is 3. The van der Waals surface area contributed by atoms with E-state index in [4.69, 9.17) is 5.14 Å². The van der Waals surface area contributed by atoms with E-state index in [1.54, 1.807) is 13.1 Å². The van der Waals surface area contributed by atoms with Gasteiger partial charge in [-0.3, -0.25) is 4.99 Å². The number of hydrogen-bond acceptors (Lipinski definition) is 4. The van der Waals surface area contributed by atoms with Gasteiger partial charge in [0.15, 0.2) is 5.96 Å². The number of thiophene rings is 1. The van der Waals surface area contributed by atoms with Gasteiger partial charge < -0.3 is 10.6 Å². The van der Waals surface area contributed by atoms with E-state index >= 15 is 0 Å². The average Bonchev–Trinajstić information content (AvgIpc) is 2.96. The van der Waals surface area contributed by atoms with Crippen molar-refractivity contribution in [1.82, 2.24) is 10.6 Å². The first-order valence-electron chi connectivity index (χ1n) is 8.24. The van der Waals surface area contributed by atoms with Crippen molar-refractivity contribution < 1.29 is 8.42 Å². The zero-order valence-electron chi connectivity index (χ0n) is 15.5. The van der Waals surface area contributed by atoms with Gasteiger partial charge in [-0.2, -0.15) is 0 Å². The summed E-state index contributed by atoms with van der Waals surface area (Å²) in [6, 6.07) is 3.30. The van der Waals surface area contributed by atoms with E-state index in [2.05, 4.69) is 36.4 Å². The van der Waals surface area contributed by atoms with E-state index in [1.165, 1.54) is 43.1 Å². The van der Waals surface area contributed by atoms with Gasteiger partial charge in [0, 0.05) is 18.5 Å². The predicted octanol–water partition coefficient (Wildman–Crippen LogP) is 3.29. The van der Waals surface area contributed by atoms with Crippen LogP contribution in [0.25, 0.3) is 0 Å². The van der Waals surface area contributed by atoms with Crippen molar-refractivity contribution in [2.75, 3.05) is 13.6 Å². The van der Waals surface area contributed by atoms with Crippen LogP contribution in [-0.4, -0.2) is 28.0 Å². The Balaban J connectivity index is 0.00000576. The average molecular weight is 502 g/mol. The molecule has 25 heavy (non-hydrogen) atoms. The minimum absolute atomic E-state index is 0. The zero-order valence-corrected chi connectivity index (χ0v) is 19.4. The fourth-order valence-electron chi connectivity index (χ4n) is 2.26. The molecular formula is C16H31IN4O2S2. The first-order valence-corrected chi connectivity index (χ1v) is 10.6. The predicted molar refractivity (Wildman–Crippen MR) is 117 cm³/mol. The summed E-state index contributed by atoms with van der Waals surface area (Å²) in [6.45, 7) is 8.06. The van der Waals surface area contributed by atoms with Crippen LogP contribution in [-0.2, 0) is 16.6 Å². The Morgan fingerprint density at radius 2 is 1.96 bits per heavy atom. The number of rotatable bonds is 9. The first-order chi connectivity index (χ1) is 11.2. The number of aliphatic imine (C=N–C) groups is 1. The molecule has 0 bridgehead atoms. The van der Waals surface area contributed by atoms with Crippen molar-refractivity contribution >= 4 is 51.3 Å². The molecule has 1 aromatic rings. The summed E-state index contributed by atoms with van der Waals surface area (Å²) in [5.74, 6) is 0.712. The normalized spacial score (nSPS) is 12.6. The Labute approximate surface area is 173 Å². The van der Waals surface area contributed by atoms with Crippen molar-refractivity contribution in [2.45, 2.75) is 57.2 Å². The second-order valence-corrected chi connectivity index (χ2v) is 9.62. The van der Waals surface area contributed by atoms with Crippen molar-refractivity contribution in [3.8, 4) is 0 Å². The second-order valence-electron chi connectivity index (χ2n) is 6.67. The van der Waals surface area contributed by atoms with Crippen LogP contribution in [0, 0.1) is 5.41 Å². The third-order valence-electron chi connectivity index (χ3n) is 3.76. The molecule has 0 saturated heterocycles. The molecule has 0 saturated carbocycles. The van der Waals surface area contributed by atoms with Gasteiger partial charge >= 0.3 is 0 Å². The number of nitrogens with two attached hydrogens (primary N) is 1. The quantitative estimate of drug-likeness (QED) is 0.209. The van der Waals surface area contributed by atoms with Gasteiger partial charge in [-0.15, -0.1) is 35.3 Å². The van der Waals surface area contributed by atoms with Crippen molar-refractivity contribution in [3.05, 3.63) is 17.0 Å². The van der Waals surface area contributed by atoms with E-state index in [-0.39, 0.29) is 33.6 Å². The largest absolute Gasteiger partial charge is 0.356 e. The third kappa shape index (κ3) is 9.76. The van der Waals surface area contributed by atoms with E-state index in [0.29, 0.717) is 12.5 Å². The van der Waals surface area contributed by atoms with E-state index in [1.807, 2.05) is 0 Å². The molecule has 0 atom stereocenters. The van der Waals surface area contributed by atoms with Crippen LogP contribution in [0.3, 0.4) is 0 Å². The monoisotopic (exact) mass is 502 g/mol. The van der Waals surface area contributed by atoms with Gasteiger partial charge in [-0.05, 0) is 24.0 Å². The minimum atomic E-state index is -3.62. The SMILES string of the molecule is CCCCCC(C)(C)CNC(=NC)NCc1ccc(S(N)(=O)=O)s1.I. The van der Waals surface area contributed by atoms with Crippen molar-refractivity contribution in [1.29, 1.82) is 0 Å². The summed E-state index contributed by atoms with van der Waals surface area (Å²) < 4.78 is 22.8. The molecule has 0 radical (unpaired) electrons. The van der Waals surface area contributed by atoms with Crippen LogP contribution >= 0.6 is 35.3 Å². The maximum atomic E-state index is 11.3. The molecule has 4 N–H and O–H groups in total. The first kappa shape index (κ1) is 24.6. The van der Waals surface area contributed by atoms with Crippen LogP contribution in [0.4, 0.5) is 0 Å². The molecule has 0 spiro atoms. The van der Waals surface area contributed by atoms with Crippen LogP contribution in [0.2, 0.25) is 0 Å². The lowest BCUT2D eigenvalue weighted by molar-refractivity contribution is 0.318. The van der Waals surface area contributed by atoms with E-state index in [0.717, 1.165) is 11.4 Å². The molecule has 0 aliphatic rings. The molecule has 0 amide bonds. The summed E-state index contributed by atoms with van der Waals surface area (Å²) in [6.07, 6.45) is 4.91. The maximum absolute atomic E-state index is 11.3. The Kier molecular flexibility index (Phi) is 11.2. The molecule has 1 heterocycles. The Hall–Kier alpha value is -0.390. The van der Waals surface area contributed by atoms with Crippen molar-refractivity contribution in [3.63, 3.8) is 0 Å². The van der Waals surface area contributed by atoms with Crippen LogP contribution in [0.15, 0.2) is 21.3 Å². The lowest BCUT2D eigenvalue weighted by Crippen LogP contribution is -2.41. The fraction of sp³-hybridized carbons (Fsp3) is 0.688. The highest BCUT2D eigenvalue weighted by Gasteiger charge is 2.18. The molecule has 0 fully saturated rings. The molecule has 1 rings (SSSR count). The van der Waals surface area contributed by atoms with E-state index in [9.17, 15) is 8.42 Å². The smallest absolute Gasteiger partial charge is 0.247 e. The van der Waals surface area contributed by atoms with E-state index < -0.39 is 10.0 Å². The number of sulfonamides is 1. The fourth-order valence-corrected chi connectivity index (χ4v) is 3.98. The molecule has 9 heteroatoms. The minimum Gasteiger partial charge on any atom is -0.356 e. The number of nitrogens with zero attached hydrogens (tertiary/aromatic N) is 1. The highest BCUT2D eigenvalue weighted by Crippen LogP contribution is 2.23. The number of halogens is 1. The highest BCUT2D eigenvalue weighted by atomic mass is 127. The molecule has 146 valence electrons. The summed E-state index contributed by atoms with van der Waals surface area (Å²) in [5, 5.41) is 11.7. The van der Waals surface area contributed by atoms with Crippen molar-refractivity contribution in [2.24, 2.45) is 15.5 Å². The van der Waals surface area contributed by atoms with Gasteiger partial charge in [-0.25, -0.2) is 13.6 Å². The molecule has 0 aliphatic carbocycles. The zero-order chi connectivity index (χ0) is 18.2. The van der Waals surface area contributed by atoms with Gasteiger partial charge in [0.2, 0.25) is 10.0 Å². The van der Waals surface area contributed by atoms with Gasteiger partial charge in [0.1, 0.15) is 4.21 Å². The summed E-state index contributed by atoms with van der Waals surface area (Å²) in [4.78, 5) is 5.11. The van der Waals surface area contributed by atoms with Gasteiger partial charge in [0.05, 0.1) is 6.54 Å². The topological polar surface area (TPSA) is 96.6 Å². The van der Waals surface area contributed by atoms with Gasteiger partial charge in [0.25, 0.3) is 0 Å². The molecule has 0 unspecified atom stereocenters. The van der Waals surface area contributed by atoms with Crippen LogP contribution in [0.5, 0.6) is 0 Å². The Morgan fingerprint density at radius 1 is 1.28 bits per heavy atom. The highest BCUT2D eigenvalue weighted by molar-refractivity contribution is 14.0.